The molecule has 2 aromatic heterocycles. The van der Waals surface area contributed by atoms with Crippen molar-refractivity contribution in [1.29, 1.82) is 0 Å². The molecule has 7 nitrogen and oxygen atoms in total. The summed E-state index contributed by atoms with van der Waals surface area (Å²) in [5, 5.41) is 17.9. The fraction of sp³-hybridized carbons (Fsp3) is 0.700. The van der Waals surface area contributed by atoms with E-state index >= 15 is 0 Å². The molecule has 1 saturated carbocycles. The number of hydrogen-bond acceptors (Lipinski definition) is 6. The molecule has 1 aliphatic carbocycles. The van der Waals surface area contributed by atoms with Gasteiger partial charge in [0.2, 0.25) is 0 Å². The van der Waals surface area contributed by atoms with Crippen LogP contribution < -0.4 is 10.6 Å². The average molecular weight is 564 g/mol. The maximum atomic E-state index is 4.47. The van der Waals surface area contributed by atoms with Crippen LogP contribution in [0, 0.1) is 0 Å². The number of nitrogens with zero attached hydrogens (tertiary/aromatic N) is 5. The largest absolute Gasteiger partial charge is 0.356 e. The zero-order chi connectivity index (χ0) is 20.5. The summed E-state index contributed by atoms with van der Waals surface area (Å²) in [5.41, 5.74) is 0. The van der Waals surface area contributed by atoms with Crippen LogP contribution in [0.4, 0.5) is 0 Å². The van der Waals surface area contributed by atoms with Gasteiger partial charge in [0.05, 0.1) is 5.01 Å². The molecule has 1 fully saturated rings. The first-order valence-corrected chi connectivity index (χ1v) is 12.6. The van der Waals surface area contributed by atoms with E-state index in [-0.39, 0.29) is 24.0 Å². The third-order valence-corrected chi connectivity index (χ3v) is 7.13. The molecule has 1 aliphatic rings. The van der Waals surface area contributed by atoms with Gasteiger partial charge < -0.3 is 15.2 Å². The molecular formula is C20H34IN7S2. The third kappa shape index (κ3) is 7.08. The number of aliphatic imine (C=N–C) groups is 1. The van der Waals surface area contributed by atoms with Crippen molar-refractivity contribution in [3.63, 3.8) is 0 Å². The van der Waals surface area contributed by atoms with Gasteiger partial charge in [-0.15, -0.1) is 45.5 Å². The standard InChI is InChI=1S/C20H33N7S2.HI/c1-4-16-14-24-18(29-16)11-13-23-19(21-2)22-12-7-10-17-25-26-20(28-3)27(17)15-8-5-6-9-15;/h14-15H,4-13H2,1-3H3,(H2,21,22,23);1H. The van der Waals surface area contributed by atoms with Gasteiger partial charge in [0.1, 0.15) is 5.82 Å². The third-order valence-electron chi connectivity index (χ3n) is 5.28. The molecule has 30 heavy (non-hydrogen) atoms. The van der Waals surface area contributed by atoms with Crippen LogP contribution in [-0.2, 0) is 19.3 Å². The van der Waals surface area contributed by atoms with Crippen molar-refractivity contribution < 1.29 is 0 Å². The van der Waals surface area contributed by atoms with E-state index in [1.54, 1.807) is 23.1 Å². The summed E-state index contributed by atoms with van der Waals surface area (Å²) in [6.45, 7) is 3.87. The summed E-state index contributed by atoms with van der Waals surface area (Å²) in [5.74, 6) is 1.97. The van der Waals surface area contributed by atoms with E-state index < -0.39 is 0 Å². The smallest absolute Gasteiger partial charge is 0.191 e. The second-order valence-electron chi connectivity index (χ2n) is 7.26. The minimum atomic E-state index is 0. The molecule has 168 valence electrons. The van der Waals surface area contributed by atoms with Crippen LogP contribution in [0.2, 0.25) is 0 Å². The Hall–Kier alpha value is -0.880. The number of aryl methyl sites for hydroxylation is 2. The minimum absolute atomic E-state index is 0. The number of nitrogens with one attached hydrogen (secondary N) is 2. The Morgan fingerprint density at radius 1 is 1.23 bits per heavy atom. The van der Waals surface area contributed by atoms with Gasteiger partial charge >= 0.3 is 0 Å². The van der Waals surface area contributed by atoms with Crippen molar-refractivity contribution >= 4 is 53.0 Å². The Bertz CT molecular complexity index is 784. The van der Waals surface area contributed by atoms with Crippen molar-refractivity contribution in [2.75, 3.05) is 26.4 Å². The number of thioether (sulfide) groups is 1. The number of halogens is 1. The summed E-state index contributed by atoms with van der Waals surface area (Å²) in [4.78, 5) is 10.1. The van der Waals surface area contributed by atoms with E-state index in [1.165, 1.54) is 35.6 Å². The van der Waals surface area contributed by atoms with Gasteiger partial charge in [-0.2, -0.15) is 0 Å². The SMILES string of the molecule is CCc1cnc(CCNC(=NC)NCCCc2nnc(SC)n2C2CCCC2)s1.I. The maximum absolute atomic E-state index is 4.47. The summed E-state index contributed by atoms with van der Waals surface area (Å²) in [6, 6.07) is 0.587. The van der Waals surface area contributed by atoms with Gasteiger partial charge in [0, 0.05) is 50.1 Å². The molecule has 2 heterocycles. The van der Waals surface area contributed by atoms with Gasteiger partial charge in [-0.05, 0) is 31.9 Å². The summed E-state index contributed by atoms with van der Waals surface area (Å²) in [6.07, 6.45) is 13.2. The van der Waals surface area contributed by atoms with Crippen molar-refractivity contribution in [3.05, 3.63) is 21.9 Å². The zero-order valence-electron chi connectivity index (χ0n) is 18.2. The quantitative estimate of drug-likeness (QED) is 0.149. The molecular weight excluding hydrogens is 529 g/mol. The highest BCUT2D eigenvalue weighted by Gasteiger charge is 2.23. The van der Waals surface area contributed by atoms with Gasteiger partial charge in [-0.25, -0.2) is 4.98 Å². The number of rotatable bonds is 10. The Morgan fingerprint density at radius 3 is 2.67 bits per heavy atom. The van der Waals surface area contributed by atoms with Gasteiger partial charge in [0.15, 0.2) is 11.1 Å². The van der Waals surface area contributed by atoms with E-state index in [1.807, 2.05) is 13.2 Å². The lowest BCUT2D eigenvalue weighted by Crippen LogP contribution is -2.38. The van der Waals surface area contributed by atoms with E-state index in [0.29, 0.717) is 6.04 Å². The molecule has 0 radical (unpaired) electrons. The number of hydrogen-bond donors (Lipinski definition) is 2. The molecule has 3 rings (SSSR count). The Labute approximate surface area is 205 Å². The minimum Gasteiger partial charge on any atom is -0.356 e. The highest BCUT2D eigenvalue weighted by molar-refractivity contribution is 14.0. The van der Waals surface area contributed by atoms with Crippen molar-refractivity contribution in [2.24, 2.45) is 4.99 Å². The lowest BCUT2D eigenvalue weighted by atomic mass is 10.2. The molecule has 0 aliphatic heterocycles. The van der Waals surface area contributed by atoms with Crippen LogP contribution in [-0.4, -0.2) is 52.1 Å². The second-order valence-corrected chi connectivity index (χ2v) is 9.24. The van der Waals surface area contributed by atoms with Crippen molar-refractivity contribution in [3.8, 4) is 0 Å². The van der Waals surface area contributed by atoms with Gasteiger partial charge in [-0.3, -0.25) is 4.99 Å². The monoisotopic (exact) mass is 563 g/mol. The normalized spacial score (nSPS) is 14.7. The molecule has 0 spiro atoms. The molecule has 2 N–H and O–H groups in total. The first kappa shape index (κ1) is 25.4. The van der Waals surface area contributed by atoms with Crippen LogP contribution in [0.15, 0.2) is 16.3 Å². The second kappa shape index (κ2) is 13.5. The van der Waals surface area contributed by atoms with Crippen LogP contribution >= 0.6 is 47.1 Å². The first-order valence-electron chi connectivity index (χ1n) is 10.6. The Kier molecular flexibility index (Phi) is 11.4. The molecule has 0 aromatic carbocycles. The van der Waals surface area contributed by atoms with Crippen LogP contribution in [0.3, 0.4) is 0 Å². The summed E-state index contributed by atoms with van der Waals surface area (Å²) >= 11 is 3.50. The Balaban J connectivity index is 0.00000320. The van der Waals surface area contributed by atoms with Crippen molar-refractivity contribution in [2.45, 2.75) is 69.5 Å². The highest BCUT2D eigenvalue weighted by atomic mass is 127. The summed E-state index contributed by atoms with van der Waals surface area (Å²) in [7, 11) is 1.81. The fourth-order valence-corrected chi connectivity index (χ4v) is 5.17. The average Bonchev–Trinajstić information content (AvgIpc) is 3.49. The predicted octanol–water partition coefficient (Wildman–Crippen LogP) is 4.09. The topological polar surface area (TPSA) is 80.0 Å². The number of thiazole rings is 1. The molecule has 0 atom stereocenters. The summed E-state index contributed by atoms with van der Waals surface area (Å²) < 4.78 is 2.39. The maximum Gasteiger partial charge on any atom is 0.191 e. The fourth-order valence-electron chi connectivity index (χ4n) is 3.74. The van der Waals surface area contributed by atoms with Gasteiger partial charge in [0.25, 0.3) is 0 Å². The van der Waals surface area contributed by atoms with Crippen LogP contribution in [0.25, 0.3) is 0 Å². The molecule has 10 heteroatoms. The van der Waals surface area contributed by atoms with E-state index in [0.717, 1.165) is 55.7 Å². The van der Waals surface area contributed by atoms with E-state index in [4.69, 9.17) is 0 Å². The molecule has 0 unspecified atom stereocenters. The van der Waals surface area contributed by atoms with E-state index in [2.05, 4.69) is 48.6 Å². The number of aromatic nitrogens is 4. The molecule has 0 bridgehead atoms. The lowest BCUT2D eigenvalue weighted by Gasteiger charge is -2.16. The highest BCUT2D eigenvalue weighted by Crippen LogP contribution is 2.33. The predicted molar refractivity (Wildman–Crippen MR) is 138 cm³/mol. The number of guanidine groups is 1. The van der Waals surface area contributed by atoms with E-state index in [9.17, 15) is 0 Å². The van der Waals surface area contributed by atoms with Gasteiger partial charge in [-0.1, -0.05) is 31.5 Å². The molecule has 0 saturated heterocycles. The lowest BCUT2D eigenvalue weighted by molar-refractivity contribution is 0.460. The van der Waals surface area contributed by atoms with Crippen LogP contribution in [0.5, 0.6) is 0 Å². The Morgan fingerprint density at radius 2 is 2.00 bits per heavy atom. The first-order chi connectivity index (χ1) is 14.2. The molecule has 0 amide bonds. The zero-order valence-corrected chi connectivity index (χ0v) is 22.1. The molecule has 2 aromatic rings. The van der Waals surface area contributed by atoms with Crippen LogP contribution in [0.1, 0.15) is 60.8 Å². The van der Waals surface area contributed by atoms with Crippen molar-refractivity contribution in [1.82, 2.24) is 30.4 Å².